The summed E-state index contributed by atoms with van der Waals surface area (Å²) in [4.78, 5) is 0. The van der Waals surface area contributed by atoms with Crippen LogP contribution in [0.25, 0.3) is 0 Å². The Balaban J connectivity index is 3.84. The fourth-order valence-electron chi connectivity index (χ4n) is 3.23. The first-order valence-electron chi connectivity index (χ1n) is 8.87. The zero-order chi connectivity index (χ0) is 17.2. The molecule has 0 saturated heterocycles. The van der Waals surface area contributed by atoms with Gasteiger partial charge in [-0.05, 0) is 54.2 Å². The highest BCUT2D eigenvalue weighted by atomic mass is 16.5. The predicted octanol–water partition coefficient (Wildman–Crippen LogP) is 6.58. The lowest BCUT2D eigenvalue weighted by Crippen LogP contribution is -2.21. The van der Waals surface area contributed by atoms with Crippen molar-refractivity contribution >= 4 is 0 Å². The summed E-state index contributed by atoms with van der Waals surface area (Å²) in [5.41, 5.74) is 5.84. The Hall–Kier alpha value is -0.980. The summed E-state index contributed by atoms with van der Waals surface area (Å²) in [6, 6.07) is 2.40. The van der Waals surface area contributed by atoms with Crippen molar-refractivity contribution in [2.75, 3.05) is 0 Å². The molecule has 0 unspecified atom stereocenters. The fourth-order valence-corrected chi connectivity index (χ4v) is 3.23. The Bertz CT molecular complexity index is 502. The molecule has 1 nitrogen and oxygen atoms in total. The van der Waals surface area contributed by atoms with Crippen molar-refractivity contribution in [1.82, 2.24) is 0 Å². The summed E-state index contributed by atoms with van der Waals surface area (Å²) < 4.78 is 6.34. The SMILES string of the molecule is CCc1c(C(C)C)cc(C(C)C)c(OC(C)C)c1C(C)(C)C. The molecule has 0 spiro atoms. The molecule has 0 fully saturated rings. The van der Waals surface area contributed by atoms with Crippen LogP contribution in [0.1, 0.15) is 103 Å². The minimum absolute atomic E-state index is 0.0874. The highest BCUT2D eigenvalue weighted by Crippen LogP contribution is 2.43. The van der Waals surface area contributed by atoms with Crippen LogP contribution in [0.2, 0.25) is 0 Å². The first kappa shape index (κ1) is 19.1. The molecule has 1 rings (SSSR count). The quantitative estimate of drug-likeness (QED) is 0.597. The molecule has 0 saturated carbocycles. The standard InChI is InChI=1S/C21H36O/c1-11-16-17(13(2)3)12-18(14(4)5)20(22-15(6)7)19(16)21(8,9)10/h12-15H,11H2,1-10H3. The van der Waals surface area contributed by atoms with Gasteiger partial charge in [0, 0.05) is 5.56 Å². The van der Waals surface area contributed by atoms with E-state index in [1.165, 1.54) is 22.3 Å². The lowest BCUT2D eigenvalue weighted by atomic mass is 9.76. The van der Waals surface area contributed by atoms with Crippen LogP contribution in [0.15, 0.2) is 6.07 Å². The third-order valence-electron chi connectivity index (χ3n) is 4.15. The molecule has 1 heteroatoms. The van der Waals surface area contributed by atoms with E-state index in [4.69, 9.17) is 4.74 Å². The molecule has 0 aliphatic heterocycles. The van der Waals surface area contributed by atoms with Gasteiger partial charge in [0.15, 0.2) is 0 Å². The maximum Gasteiger partial charge on any atom is 0.127 e. The average Bonchev–Trinajstić information content (AvgIpc) is 2.34. The van der Waals surface area contributed by atoms with Gasteiger partial charge in [-0.15, -0.1) is 0 Å². The molecule has 1 aromatic carbocycles. The summed E-state index contributed by atoms with van der Waals surface area (Å²) in [6.07, 6.45) is 1.26. The second kappa shape index (κ2) is 7.06. The molecular weight excluding hydrogens is 268 g/mol. The third kappa shape index (κ3) is 4.06. The largest absolute Gasteiger partial charge is 0.490 e. The Morgan fingerprint density at radius 1 is 0.909 bits per heavy atom. The van der Waals surface area contributed by atoms with Gasteiger partial charge in [-0.2, -0.15) is 0 Å². The first-order chi connectivity index (χ1) is 10.0. The highest BCUT2D eigenvalue weighted by Gasteiger charge is 2.29. The molecule has 0 bridgehead atoms. The minimum Gasteiger partial charge on any atom is -0.490 e. The van der Waals surface area contributed by atoms with Crippen LogP contribution in [0.3, 0.4) is 0 Å². The lowest BCUT2D eigenvalue weighted by molar-refractivity contribution is 0.233. The van der Waals surface area contributed by atoms with Crippen LogP contribution in [0.5, 0.6) is 5.75 Å². The topological polar surface area (TPSA) is 9.23 Å². The van der Waals surface area contributed by atoms with Crippen molar-refractivity contribution in [3.8, 4) is 5.75 Å². The Morgan fingerprint density at radius 3 is 1.73 bits per heavy atom. The van der Waals surface area contributed by atoms with Crippen molar-refractivity contribution in [2.24, 2.45) is 0 Å². The maximum absolute atomic E-state index is 6.34. The normalized spacial score (nSPS) is 12.6. The summed E-state index contributed by atoms with van der Waals surface area (Å²) in [5.74, 6) is 2.15. The van der Waals surface area contributed by atoms with E-state index in [1.807, 2.05) is 0 Å². The van der Waals surface area contributed by atoms with Crippen molar-refractivity contribution < 1.29 is 4.74 Å². The van der Waals surface area contributed by atoms with Gasteiger partial charge in [-0.3, -0.25) is 0 Å². The van der Waals surface area contributed by atoms with Crippen LogP contribution in [0, 0.1) is 0 Å². The molecular formula is C21H36O. The highest BCUT2D eigenvalue weighted by molar-refractivity contribution is 5.55. The smallest absolute Gasteiger partial charge is 0.127 e. The molecule has 0 heterocycles. The van der Waals surface area contributed by atoms with Crippen molar-refractivity contribution in [3.05, 3.63) is 28.3 Å². The Labute approximate surface area is 138 Å². The first-order valence-corrected chi connectivity index (χ1v) is 8.87. The van der Waals surface area contributed by atoms with E-state index in [1.54, 1.807) is 0 Å². The fraction of sp³-hybridized carbons (Fsp3) is 0.714. The molecule has 126 valence electrons. The molecule has 0 amide bonds. The third-order valence-corrected chi connectivity index (χ3v) is 4.15. The maximum atomic E-state index is 6.34. The van der Waals surface area contributed by atoms with Crippen LogP contribution in [0.4, 0.5) is 0 Å². The average molecular weight is 305 g/mol. The lowest BCUT2D eigenvalue weighted by Gasteiger charge is -2.32. The molecule has 0 aliphatic carbocycles. The van der Waals surface area contributed by atoms with Crippen LogP contribution >= 0.6 is 0 Å². The van der Waals surface area contributed by atoms with E-state index < -0.39 is 0 Å². The van der Waals surface area contributed by atoms with Crippen molar-refractivity contribution in [2.45, 2.75) is 99.0 Å². The van der Waals surface area contributed by atoms with Crippen LogP contribution in [-0.2, 0) is 11.8 Å². The van der Waals surface area contributed by atoms with Gasteiger partial charge in [-0.25, -0.2) is 0 Å². The van der Waals surface area contributed by atoms with E-state index in [0.717, 1.165) is 12.2 Å². The monoisotopic (exact) mass is 304 g/mol. The summed E-state index contributed by atoms with van der Waals surface area (Å²) in [7, 11) is 0. The number of hydrogen-bond acceptors (Lipinski definition) is 1. The second-order valence-electron chi connectivity index (χ2n) is 8.32. The van der Waals surface area contributed by atoms with Gasteiger partial charge < -0.3 is 4.74 Å². The second-order valence-corrected chi connectivity index (χ2v) is 8.32. The minimum atomic E-state index is 0.0874. The van der Waals surface area contributed by atoms with Crippen LogP contribution in [-0.4, -0.2) is 6.10 Å². The predicted molar refractivity (Wildman–Crippen MR) is 98.5 cm³/mol. The zero-order valence-electron chi connectivity index (χ0n) is 16.4. The number of benzene rings is 1. The van der Waals surface area contributed by atoms with E-state index in [-0.39, 0.29) is 11.5 Å². The molecule has 0 radical (unpaired) electrons. The van der Waals surface area contributed by atoms with Crippen LogP contribution < -0.4 is 4.74 Å². The zero-order valence-corrected chi connectivity index (χ0v) is 16.4. The van der Waals surface area contributed by atoms with Gasteiger partial charge in [0.1, 0.15) is 5.75 Å². The molecule has 0 atom stereocenters. The Morgan fingerprint density at radius 2 is 1.41 bits per heavy atom. The molecule has 0 aromatic heterocycles. The van der Waals surface area contributed by atoms with Crippen molar-refractivity contribution in [3.63, 3.8) is 0 Å². The van der Waals surface area contributed by atoms with E-state index in [9.17, 15) is 0 Å². The summed E-state index contributed by atoms with van der Waals surface area (Å²) in [6.45, 7) is 22.6. The molecule has 1 aromatic rings. The summed E-state index contributed by atoms with van der Waals surface area (Å²) >= 11 is 0. The van der Waals surface area contributed by atoms with E-state index in [0.29, 0.717) is 11.8 Å². The molecule has 0 N–H and O–H groups in total. The molecule has 0 aliphatic rings. The van der Waals surface area contributed by atoms with Gasteiger partial charge in [0.25, 0.3) is 0 Å². The van der Waals surface area contributed by atoms with Crippen molar-refractivity contribution in [1.29, 1.82) is 0 Å². The summed E-state index contributed by atoms with van der Waals surface area (Å²) in [5, 5.41) is 0. The van der Waals surface area contributed by atoms with E-state index in [2.05, 4.69) is 75.3 Å². The van der Waals surface area contributed by atoms with Gasteiger partial charge in [0.2, 0.25) is 0 Å². The molecule has 22 heavy (non-hydrogen) atoms. The Kier molecular flexibility index (Phi) is 6.12. The van der Waals surface area contributed by atoms with E-state index >= 15 is 0 Å². The van der Waals surface area contributed by atoms with Gasteiger partial charge >= 0.3 is 0 Å². The van der Waals surface area contributed by atoms with Gasteiger partial charge in [-0.1, -0.05) is 61.5 Å². The number of ether oxygens (including phenoxy) is 1. The van der Waals surface area contributed by atoms with Gasteiger partial charge in [0.05, 0.1) is 6.10 Å². The number of hydrogen-bond donors (Lipinski definition) is 0. The number of rotatable bonds is 5.